The van der Waals surface area contributed by atoms with Crippen LogP contribution in [-0.2, 0) is 23.9 Å². The third-order valence-electron chi connectivity index (χ3n) is 5.66. The van der Waals surface area contributed by atoms with Crippen LogP contribution in [0.4, 0.5) is 22.4 Å². The first kappa shape index (κ1) is 20.4. The third kappa shape index (κ3) is 4.35. The number of hydrogen-bond acceptors (Lipinski definition) is 2. The molecule has 1 amide bonds. The topological polar surface area (TPSA) is 29.5 Å². The predicted molar refractivity (Wildman–Crippen MR) is 103 cm³/mol. The van der Waals surface area contributed by atoms with E-state index in [-0.39, 0.29) is 24.8 Å². The van der Waals surface area contributed by atoms with Crippen molar-refractivity contribution in [2.45, 2.75) is 50.6 Å². The van der Waals surface area contributed by atoms with Crippen LogP contribution < -0.4 is 0 Å². The van der Waals surface area contributed by atoms with Gasteiger partial charge in [0.1, 0.15) is 12.4 Å². The van der Waals surface area contributed by atoms with Crippen LogP contribution in [0.2, 0.25) is 0 Å². The van der Waals surface area contributed by atoms with E-state index in [1.165, 1.54) is 6.07 Å². The lowest BCUT2D eigenvalue weighted by molar-refractivity contribution is -0.140. The van der Waals surface area contributed by atoms with Crippen LogP contribution in [0.1, 0.15) is 36.0 Å². The SMILES string of the molecule is O=C(OCc1ccccc1)N1C2C=C(Cc3ccc(F)c(C(F)(F)F)c3)CC1CC2. The summed E-state index contributed by atoms with van der Waals surface area (Å²) in [5.74, 6) is -1.27. The molecule has 1 fully saturated rings. The number of carbonyl (C=O) groups is 1. The molecule has 1 saturated heterocycles. The smallest absolute Gasteiger partial charge is 0.419 e. The fraction of sp³-hybridized carbons (Fsp3) is 0.348. The summed E-state index contributed by atoms with van der Waals surface area (Å²) in [6, 6.07) is 12.4. The van der Waals surface area contributed by atoms with E-state index in [0.717, 1.165) is 36.1 Å². The van der Waals surface area contributed by atoms with Crippen molar-refractivity contribution in [3.63, 3.8) is 0 Å². The van der Waals surface area contributed by atoms with Gasteiger partial charge in [-0.1, -0.05) is 48.0 Å². The molecular formula is C23H21F4NO2. The molecule has 2 unspecified atom stereocenters. The second-order valence-corrected chi connectivity index (χ2v) is 7.76. The van der Waals surface area contributed by atoms with Gasteiger partial charge in [-0.25, -0.2) is 9.18 Å². The fourth-order valence-electron chi connectivity index (χ4n) is 4.29. The Kier molecular flexibility index (Phi) is 5.54. The highest BCUT2D eigenvalue weighted by molar-refractivity contribution is 5.70. The van der Waals surface area contributed by atoms with Gasteiger partial charge >= 0.3 is 12.3 Å². The van der Waals surface area contributed by atoms with E-state index in [1.54, 1.807) is 4.90 Å². The van der Waals surface area contributed by atoms with Gasteiger partial charge in [0.05, 0.1) is 11.6 Å². The molecule has 2 aliphatic heterocycles. The van der Waals surface area contributed by atoms with Gasteiger partial charge in [0.15, 0.2) is 0 Å². The Morgan fingerprint density at radius 1 is 1.07 bits per heavy atom. The molecule has 7 heteroatoms. The van der Waals surface area contributed by atoms with E-state index in [1.807, 2.05) is 36.4 Å². The molecule has 2 atom stereocenters. The summed E-state index contributed by atoms with van der Waals surface area (Å²) in [5, 5.41) is 0. The number of ether oxygens (including phenoxy) is 1. The van der Waals surface area contributed by atoms with Crippen LogP contribution in [0.25, 0.3) is 0 Å². The van der Waals surface area contributed by atoms with E-state index in [0.29, 0.717) is 18.4 Å². The number of hydrogen-bond donors (Lipinski definition) is 0. The van der Waals surface area contributed by atoms with Crippen LogP contribution in [0.3, 0.4) is 0 Å². The van der Waals surface area contributed by atoms with Gasteiger partial charge in [0.2, 0.25) is 0 Å². The van der Waals surface area contributed by atoms with Crippen molar-refractivity contribution < 1.29 is 27.1 Å². The third-order valence-corrected chi connectivity index (χ3v) is 5.66. The van der Waals surface area contributed by atoms with E-state index < -0.39 is 17.6 Å². The zero-order valence-electron chi connectivity index (χ0n) is 16.2. The highest BCUT2D eigenvalue weighted by Gasteiger charge is 2.40. The number of fused-ring (bicyclic) bond motifs is 2. The lowest BCUT2D eigenvalue weighted by Crippen LogP contribution is -2.43. The highest BCUT2D eigenvalue weighted by atomic mass is 19.4. The summed E-state index contributed by atoms with van der Waals surface area (Å²) >= 11 is 0. The van der Waals surface area contributed by atoms with E-state index >= 15 is 0 Å². The molecule has 30 heavy (non-hydrogen) atoms. The molecule has 2 aliphatic rings. The molecule has 2 bridgehead atoms. The van der Waals surface area contributed by atoms with Gasteiger partial charge in [0.25, 0.3) is 0 Å². The number of amides is 1. The lowest BCUT2D eigenvalue weighted by Gasteiger charge is -2.33. The lowest BCUT2D eigenvalue weighted by atomic mass is 9.94. The first-order chi connectivity index (χ1) is 14.3. The zero-order chi connectivity index (χ0) is 21.3. The number of benzene rings is 2. The van der Waals surface area contributed by atoms with Crippen molar-refractivity contribution in [3.05, 3.63) is 82.7 Å². The van der Waals surface area contributed by atoms with Crippen LogP contribution in [0.15, 0.2) is 60.2 Å². The van der Waals surface area contributed by atoms with Gasteiger partial charge in [-0.15, -0.1) is 0 Å². The first-order valence-corrected chi connectivity index (χ1v) is 9.85. The van der Waals surface area contributed by atoms with Crippen molar-refractivity contribution in [1.29, 1.82) is 0 Å². The molecular weight excluding hydrogens is 398 g/mol. The van der Waals surface area contributed by atoms with Crippen LogP contribution in [-0.4, -0.2) is 23.1 Å². The molecule has 0 radical (unpaired) electrons. The Labute approximate surface area is 171 Å². The second-order valence-electron chi connectivity index (χ2n) is 7.76. The molecule has 4 rings (SSSR count). The number of rotatable bonds is 4. The molecule has 0 N–H and O–H groups in total. The van der Waals surface area contributed by atoms with E-state index in [9.17, 15) is 22.4 Å². The van der Waals surface area contributed by atoms with Crippen LogP contribution in [0, 0.1) is 5.82 Å². The maximum Gasteiger partial charge on any atom is 0.419 e. The molecule has 0 saturated carbocycles. The summed E-state index contributed by atoms with van der Waals surface area (Å²) in [5.41, 5.74) is 1.04. The summed E-state index contributed by atoms with van der Waals surface area (Å²) in [7, 11) is 0. The maximum absolute atomic E-state index is 13.5. The number of halogens is 4. The molecule has 2 heterocycles. The standard InChI is InChI=1S/C23H21F4NO2/c24-21-9-6-16(13-20(21)23(25,26)27)10-17-11-18-7-8-19(12-17)28(18)22(29)30-14-15-4-2-1-3-5-15/h1-6,9,11,13,18-19H,7-8,10,12,14H2. The van der Waals surface area contributed by atoms with Crippen molar-refractivity contribution >= 4 is 6.09 Å². The average molecular weight is 419 g/mol. The van der Waals surface area contributed by atoms with Crippen LogP contribution >= 0.6 is 0 Å². The number of nitrogens with zero attached hydrogens (tertiary/aromatic N) is 1. The summed E-state index contributed by atoms with van der Waals surface area (Å²) in [6.07, 6.45) is -0.640. The molecule has 0 aromatic heterocycles. The molecule has 2 aromatic rings. The van der Waals surface area contributed by atoms with Gasteiger partial charge in [0, 0.05) is 6.04 Å². The summed E-state index contributed by atoms with van der Waals surface area (Å²) in [4.78, 5) is 14.3. The Morgan fingerprint density at radius 2 is 1.83 bits per heavy atom. The van der Waals surface area contributed by atoms with Crippen molar-refractivity contribution in [2.24, 2.45) is 0 Å². The van der Waals surface area contributed by atoms with Crippen molar-refractivity contribution in [2.75, 3.05) is 0 Å². The van der Waals surface area contributed by atoms with Crippen LogP contribution in [0.5, 0.6) is 0 Å². The predicted octanol–water partition coefficient (Wildman–Crippen LogP) is 5.89. The van der Waals surface area contributed by atoms with Crippen molar-refractivity contribution in [1.82, 2.24) is 4.90 Å². The quantitative estimate of drug-likeness (QED) is 0.457. The zero-order valence-corrected chi connectivity index (χ0v) is 16.2. The molecule has 2 aromatic carbocycles. The Hall–Kier alpha value is -2.83. The summed E-state index contributed by atoms with van der Waals surface area (Å²) in [6.45, 7) is 0.196. The minimum Gasteiger partial charge on any atom is -0.445 e. The van der Waals surface area contributed by atoms with Gasteiger partial charge < -0.3 is 4.74 Å². The Morgan fingerprint density at radius 3 is 2.53 bits per heavy atom. The molecule has 158 valence electrons. The first-order valence-electron chi connectivity index (χ1n) is 9.85. The van der Waals surface area contributed by atoms with Gasteiger partial charge in [-0.3, -0.25) is 4.90 Å². The van der Waals surface area contributed by atoms with E-state index in [2.05, 4.69) is 0 Å². The van der Waals surface area contributed by atoms with E-state index in [4.69, 9.17) is 4.74 Å². The Bertz CT molecular complexity index is 955. The largest absolute Gasteiger partial charge is 0.445 e. The minimum absolute atomic E-state index is 0.0270. The van der Waals surface area contributed by atoms with Crippen molar-refractivity contribution in [3.8, 4) is 0 Å². The van der Waals surface area contributed by atoms with Gasteiger partial charge in [-0.2, -0.15) is 13.2 Å². The maximum atomic E-state index is 13.5. The Balaban J connectivity index is 1.43. The average Bonchev–Trinajstić information content (AvgIpc) is 2.98. The normalized spacial score (nSPS) is 20.8. The molecule has 0 aliphatic carbocycles. The summed E-state index contributed by atoms with van der Waals surface area (Å²) < 4.78 is 57.9. The number of carbonyl (C=O) groups excluding carboxylic acids is 1. The molecule has 3 nitrogen and oxygen atoms in total. The highest BCUT2D eigenvalue weighted by Crippen LogP contribution is 2.37. The molecule has 0 spiro atoms. The monoisotopic (exact) mass is 419 g/mol. The second kappa shape index (κ2) is 8.13. The number of alkyl halides is 3. The fourth-order valence-corrected chi connectivity index (χ4v) is 4.29. The minimum atomic E-state index is -4.72. The van der Waals surface area contributed by atoms with Gasteiger partial charge in [-0.05, 0) is 48.9 Å².